The molecule has 3 rings (SSSR count). The van der Waals surface area contributed by atoms with Gasteiger partial charge in [-0.1, -0.05) is 6.42 Å². The van der Waals surface area contributed by atoms with Crippen molar-refractivity contribution in [1.29, 1.82) is 0 Å². The van der Waals surface area contributed by atoms with Crippen LogP contribution in [0, 0.1) is 0 Å². The van der Waals surface area contributed by atoms with E-state index >= 15 is 0 Å². The number of nitrogens with zero attached hydrogens (tertiary/aromatic N) is 1. The molecular formula is C13H23N3O2. The Morgan fingerprint density at radius 3 is 2.83 bits per heavy atom. The minimum Gasteiger partial charge on any atom is -0.481 e. The zero-order chi connectivity index (χ0) is 12.6. The fourth-order valence-corrected chi connectivity index (χ4v) is 3.80. The third kappa shape index (κ3) is 2.27. The predicted molar refractivity (Wildman–Crippen MR) is 68.6 cm³/mol. The number of carboxylic acid groups (broad SMARTS) is 1. The van der Waals surface area contributed by atoms with Crippen LogP contribution >= 0.6 is 0 Å². The van der Waals surface area contributed by atoms with Crippen LogP contribution in [0.4, 0.5) is 0 Å². The number of rotatable bonds is 4. The summed E-state index contributed by atoms with van der Waals surface area (Å²) >= 11 is 0. The smallest absolute Gasteiger partial charge is 0.305 e. The Balaban J connectivity index is 1.63. The van der Waals surface area contributed by atoms with Gasteiger partial charge >= 0.3 is 5.97 Å². The largest absolute Gasteiger partial charge is 0.481 e. The van der Waals surface area contributed by atoms with Gasteiger partial charge in [-0.3, -0.25) is 9.69 Å². The van der Waals surface area contributed by atoms with Crippen LogP contribution < -0.4 is 10.6 Å². The summed E-state index contributed by atoms with van der Waals surface area (Å²) in [6, 6.07) is 1.14. The van der Waals surface area contributed by atoms with Crippen molar-refractivity contribution in [3.8, 4) is 0 Å². The standard InChI is InChI=1S/C13H23N3O2/c17-12(18)7-13(8-14-9-13)15-10-4-6-16-5-2-1-3-11(10)16/h10-11,14-15H,1-9H2,(H,17,18). The van der Waals surface area contributed by atoms with Gasteiger partial charge in [0.05, 0.1) is 12.0 Å². The molecule has 18 heavy (non-hydrogen) atoms. The van der Waals surface area contributed by atoms with Crippen LogP contribution in [-0.4, -0.2) is 59.8 Å². The van der Waals surface area contributed by atoms with Gasteiger partial charge in [0, 0.05) is 31.7 Å². The van der Waals surface area contributed by atoms with Gasteiger partial charge in [-0.15, -0.1) is 0 Å². The molecule has 0 spiro atoms. The number of hydrogen-bond donors (Lipinski definition) is 3. The minimum atomic E-state index is -0.692. The van der Waals surface area contributed by atoms with Gasteiger partial charge in [0.1, 0.15) is 0 Å². The van der Waals surface area contributed by atoms with Crippen LogP contribution in [0.15, 0.2) is 0 Å². The summed E-state index contributed by atoms with van der Waals surface area (Å²) in [5.74, 6) is -0.692. The van der Waals surface area contributed by atoms with E-state index in [4.69, 9.17) is 5.11 Å². The minimum absolute atomic E-state index is 0.191. The average Bonchev–Trinajstić information content (AvgIpc) is 2.69. The lowest BCUT2D eigenvalue weighted by molar-refractivity contribution is -0.139. The average molecular weight is 253 g/mol. The van der Waals surface area contributed by atoms with E-state index in [1.165, 1.54) is 38.8 Å². The summed E-state index contributed by atoms with van der Waals surface area (Å²) in [7, 11) is 0. The first kappa shape index (κ1) is 12.4. The summed E-state index contributed by atoms with van der Waals surface area (Å²) in [6.45, 7) is 4.00. The van der Waals surface area contributed by atoms with Gasteiger partial charge < -0.3 is 15.7 Å². The van der Waals surface area contributed by atoms with Crippen LogP contribution in [-0.2, 0) is 4.79 Å². The zero-order valence-electron chi connectivity index (χ0n) is 10.8. The molecular weight excluding hydrogens is 230 g/mol. The molecule has 5 heteroatoms. The molecule has 0 saturated carbocycles. The highest BCUT2D eigenvalue weighted by atomic mass is 16.4. The van der Waals surface area contributed by atoms with Crippen molar-refractivity contribution in [2.75, 3.05) is 26.2 Å². The molecule has 2 atom stereocenters. The van der Waals surface area contributed by atoms with E-state index in [1.54, 1.807) is 0 Å². The molecule has 0 aromatic heterocycles. The van der Waals surface area contributed by atoms with Crippen LogP contribution in [0.25, 0.3) is 0 Å². The second-order valence-corrected chi connectivity index (χ2v) is 6.09. The first-order valence-electron chi connectivity index (χ1n) is 7.13. The number of nitrogens with one attached hydrogen (secondary N) is 2. The number of carboxylic acids is 1. The van der Waals surface area contributed by atoms with E-state index in [-0.39, 0.29) is 12.0 Å². The molecule has 3 heterocycles. The lowest BCUT2D eigenvalue weighted by Gasteiger charge is -2.46. The van der Waals surface area contributed by atoms with E-state index in [2.05, 4.69) is 15.5 Å². The van der Waals surface area contributed by atoms with Crippen molar-refractivity contribution < 1.29 is 9.90 Å². The summed E-state index contributed by atoms with van der Waals surface area (Å²) in [5, 5.41) is 15.9. The molecule has 0 amide bonds. The van der Waals surface area contributed by atoms with Crippen molar-refractivity contribution in [3.05, 3.63) is 0 Å². The molecule has 3 aliphatic rings. The molecule has 3 N–H and O–H groups in total. The van der Waals surface area contributed by atoms with Crippen LogP contribution in [0.5, 0.6) is 0 Å². The molecule has 0 bridgehead atoms. The lowest BCUT2D eigenvalue weighted by atomic mass is 9.86. The van der Waals surface area contributed by atoms with Gasteiger partial charge in [-0.2, -0.15) is 0 Å². The van der Waals surface area contributed by atoms with E-state index in [9.17, 15) is 4.79 Å². The van der Waals surface area contributed by atoms with Crippen molar-refractivity contribution in [2.24, 2.45) is 0 Å². The molecule has 0 aromatic carbocycles. The van der Waals surface area contributed by atoms with Crippen molar-refractivity contribution >= 4 is 5.97 Å². The third-order valence-electron chi connectivity index (χ3n) is 4.76. The predicted octanol–water partition coefficient (Wildman–Crippen LogP) is 0.0195. The maximum absolute atomic E-state index is 11.0. The molecule has 0 radical (unpaired) electrons. The van der Waals surface area contributed by atoms with Crippen molar-refractivity contribution in [2.45, 2.75) is 49.7 Å². The molecule has 0 aromatic rings. The maximum Gasteiger partial charge on any atom is 0.305 e. The first-order chi connectivity index (χ1) is 8.69. The van der Waals surface area contributed by atoms with E-state index in [1.807, 2.05) is 0 Å². The normalized spacial score (nSPS) is 34.9. The monoisotopic (exact) mass is 253 g/mol. The summed E-state index contributed by atoms with van der Waals surface area (Å²) < 4.78 is 0. The van der Waals surface area contributed by atoms with Crippen molar-refractivity contribution in [1.82, 2.24) is 15.5 Å². The Kier molecular flexibility index (Phi) is 3.30. The second kappa shape index (κ2) is 4.79. The van der Waals surface area contributed by atoms with Crippen molar-refractivity contribution in [3.63, 3.8) is 0 Å². The number of hydrogen-bond acceptors (Lipinski definition) is 4. The zero-order valence-corrected chi connectivity index (χ0v) is 10.8. The first-order valence-corrected chi connectivity index (χ1v) is 7.13. The Hall–Kier alpha value is -0.650. The number of aliphatic carboxylic acids is 1. The molecule has 0 aliphatic carbocycles. The van der Waals surface area contributed by atoms with Gasteiger partial charge in [-0.05, 0) is 25.8 Å². The van der Waals surface area contributed by atoms with Gasteiger partial charge in [-0.25, -0.2) is 0 Å². The van der Waals surface area contributed by atoms with E-state index in [0.717, 1.165) is 13.1 Å². The van der Waals surface area contributed by atoms with Gasteiger partial charge in [0.2, 0.25) is 0 Å². The molecule has 3 aliphatic heterocycles. The highest BCUT2D eigenvalue weighted by molar-refractivity contribution is 5.68. The quantitative estimate of drug-likeness (QED) is 0.659. The van der Waals surface area contributed by atoms with E-state index in [0.29, 0.717) is 12.1 Å². The Labute approximate surface area is 108 Å². The van der Waals surface area contributed by atoms with Gasteiger partial charge in [0.15, 0.2) is 0 Å². The second-order valence-electron chi connectivity index (χ2n) is 6.09. The topological polar surface area (TPSA) is 64.6 Å². The summed E-state index contributed by atoms with van der Waals surface area (Å²) in [6.07, 6.45) is 5.33. The molecule has 3 fully saturated rings. The number of fused-ring (bicyclic) bond motifs is 1. The summed E-state index contributed by atoms with van der Waals surface area (Å²) in [5.41, 5.74) is -0.191. The number of piperidine rings is 1. The Bertz CT molecular complexity index is 330. The van der Waals surface area contributed by atoms with E-state index < -0.39 is 5.97 Å². The highest BCUT2D eigenvalue weighted by Crippen LogP contribution is 2.29. The summed E-state index contributed by atoms with van der Waals surface area (Å²) in [4.78, 5) is 13.6. The highest BCUT2D eigenvalue weighted by Gasteiger charge is 2.44. The van der Waals surface area contributed by atoms with Gasteiger partial charge in [0.25, 0.3) is 0 Å². The lowest BCUT2D eigenvalue weighted by Crippen LogP contribution is -2.71. The maximum atomic E-state index is 11.0. The molecule has 102 valence electrons. The third-order valence-corrected chi connectivity index (χ3v) is 4.76. The van der Waals surface area contributed by atoms with Crippen LogP contribution in [0.1, 0.15) is 32.1 Å². The Morgan fingerprint density at radius 2 is 2.17 bits per heavy atom. The Morgan fingerprint density at radius 1 is 1.33 bits per heavy atom. The molecule has 5 nitrogen and oxygen atoms in total. The molecule has 3 saturated heterocycles. The SMILES string of the molecule is O=C(O)CC1(NC2CCN3CCCCC23)CNC1. The fraction of sp³-hybridized carbons (Fsp3) is 0.923. The fourth-order valence-electron chi connectivity index (χ4n) is 3.80. The van der Waals surface area contributed by atoms with Crippen LogP contribution in [0.3, 0.4) is 0 Å². The van der Waals surface area contributed by atoms with Crippen LogP contribution in [0.2, 0.25) is 0 Å². The number of carbonyl (C=O) groups is 1. The molecule has 2 unspecified atom stereocenters.